The molecule has 0 heterocycles. The average molecular weight is 359 g/mol. The van der Waals surface area contributed by atoms with Crippen molar-refractivity contribution in [2.75, 3.05) is 19.7 Å². The Morgan fingerprint density at radius 3 is 2.26 bits per heavy atom. The standard InChI is InChI=1S/C24H25NO2/c1-4-18-25(19-5-2)23(17-12-20-10-8-7-9-11-20)21-13-15-22(16-14-21)24(26)27-6-3/h4-5,7-11,13-16,23H,1-2,6,18-19H2,3H3. The topological polar surface area (TPSA) is 29.5 Å². The molecular formula is C24H25NO2. The summed E-state index contributed by atoms with van der Waals surface area (Å²) >= 11 is 0. The van der Waals surface area contributed by atoms with Crippen LogP contribution in [0.15, 0.2) is 79.9 Å². The highest BCUT2D eigenvalue weighted by molar-refractivity contribution is 5.89. The summed E-state index contributed by atoms with van der Waals surface area (Å²) in [4.78, 5) is 14.1. The van der Waals surface area contributed by atoms with Gasteiger partial charge in [-0.3, -0.25) is 4.90 Å². The maximum Gasteiger partial charge on any atom is 0.338 e. The third kappa shape index (κ3) is 5.99. The van der Waals surface area contributed by atoms with E-state index in [9.17, 15) is 4.79 Å². The van der Waals surface area contributed by atoms with Crippen LogP contribution in [-0.2, 0) is 4.74 Å². The quantitative estimate of drug-likeness (QED) is 0.391. The van der Waals surface area contributed by atoms with Crippen molar-refractivity contribution in [1.29, 1.82) is 0 Å². The lowest BCUT2D eigenvalue weighted by Crippen LogP contribution is -2.28. The van der Waals surface area contributed by atoms with E-state index in [-0.39, 0.29) is 12.0 Å². The Balaban J connectivity index is 2.36. The average Bonchev–Trinajstić information content (AvgIpc) is 2.70. The summed E-state index contributed by atoms with van der Waals surface area (Å²) < 4.78 is 5.05. The van der Waals surface area contributed by atoms with E-state index < -0.39 is 0 Å². The molecule has 2 rings (SSSR count). The molecule has 0 aliphatic heterocycles. The number of hydrogen-bond acceptors (Lipinski definition) is 3. The van der Waals surface area contributed by atoms with Gasteiger partial charge in [0.15, 0.2) is 0 Å². The van der Waals surface area contributed by atoms with Crippen molar-refractivity contribution in [1.82, 2.24) is 4.90 Å². The van der Waals surface area contributed by atoms with Crippen LogP contribution in [0.2, 0.25) is 0 Å². The van der Waals surface area contributed by atoms with E-state index in [1.165, 1.54) is 0 Å². The number of esters is 1. The van der Waals surface area contributed by atoms with Gasteiger partial charge in [0.25, 0.3) is 0 Å². The fourth-order valence-electron chi connectivity index (χ4n) is 2.69. The molecule has 27 heavy (non-hydrogen) atoms. The molecule has 0 fully saturated rings. The van der Waals surface area contributed by atoms with Gasteiger partial charge < -0.3 is 4.74 Å². The molecule has 2 aromatic rings. The van der Waals surface area contributed by atoms with Crippen LogP contribution >= 0.6 is 0 Å². The maximum absolute atomic E-state index is 11.9. The number of carbonyl (C=O) groups is 1. The highest BCUT2D eigenvalue weighted by Crippen LogP contribution is 2.21. The molecule has 138 valence electrons. The molecule has 3 nitrogen and oxygen atoms in total. The fourth-order valence-corrected chi connectivity index (χ4v) is 2.69. The first kappa shape index (κ1) is 20.2. The van der Waals surface area contributed by atoms with Gasteiger partial charge in [-0.2, -0.15) is 0 Å². The third-order valence-electron chi connectivity index (χ3n) is 3.96. The van der Waals surface area contributed by atoms with Gasteiger partial charge >= 0.3 is 5.97 Å². The molecule has 0 aliphatic carbocycles. The third-order valence-corrected chi connectivity index (χ3v) is 3.96. The zero-order valence-electron chi connectivity index (χ0n) is 15.7. The van der Waals surface area contributed by atoms with E-state index in [2.05, 4.69) is 29.9 Å². The van der Waals surface area contributed by atoms with Gasteiger partial charge in [0.1, 0.15) is 0 Å². The van der Waals surface area contributed by atoms with E-state index in [0.29, 0.717) is 25.3 Å². The first-order chi connectivity index (χ1) is 13.2. The summed E-state index contributed by atoms with van der Waals surface area (Å²) in [7, 11) is 0. The van der Waals surface area contributed by atoms with Gasteiger partial charge in [-0.25, -0.2) is 4.79 Å². The van der Waals surface area contributed by atoms with Crippen molar-refractivity contribution in [2.24, 2.45) is 0 Å². The molecule has 0 bridgehead atoms. The largest absolute Gasteiger partial charge is 0.462 e. The van der Waals surface area contributed by atoms with Gasteiger partial charge in [-0.1, -0.05) is 54.3 Å². The van der Waals surface area contributed by atoms with Crippen LogP contribution in [0.5, 0.6) is 0 Å². The molecule has 0 aromatic heterocycles. The Bertz CT molecular complexity index is 803. The number of carbonyl (C=O) groups excluding carboxylic acids is 1. The first-order valence-corrected chi connectivity index (χ1v) is 8.99. The summed E-state index contributed by atoms with van der Waals surface area (Å²) in [5.41, 5.74) is 2.51. The van der Waals surface area contributed by atoms with Gasteiger partial charge in [0.05, 0.1) is 18.2 Å². The van der Waals surface area contributed by atoms with Crippen molar-refractivity contribution >= 4 is 5.97 Å². The van der Waals surface area contributed by atoms with Crippen molar-refractivity contribution in [3.63, 3.8) is 0 Å². The lowest BCUT2D eigenvalue weighted by molar-refractivity contribution is 0.0526. The van der Waals surface area contributed by atoms with Crippen molar-refractivity contribution in [3.8, 4) is 11.8 Å². The minimum Gasteiger partial charge on any atom is -0.462 e. The molecule has 0 spiro atoms. The van der Waals surface area contributed by atoms with Crippen LogP contribution in [-0.4, -0.2) is 30.6 Å². The minimum absolute atomic E-state index is 0.141. The highest BCUT2D eigenvalue weighted by atomic mass is 16.5. The number of nitrogens with zero attached hydrogens (tertiary/aromatic N) is 1. The zero-order chi connectivity index (χ0) is 19.5. The van der Waals surface area contributed by atoms with Gasteiger partial charge in [0, 0.05) is 18.7 Å². The monoisotopic (exact) mass is 359 g/mol. The second-order valence-corrected chi connectivity index (χ2v) is 5.91. The number of ether oxygens (including phenoxy) is 1. The van der Waals surface area contributed by atoms with Crippen LogP contribution in [0, 0.1) is 11.8 Å². The molecule has 1 unspecified atom stereocenters. The normalized spacial score (nSPS) is 11.2. The summed E-state index contributed by atoms with van der Waals surface area (Å²) in [6.45, 7) is 11.2. The Labute approximate surface area is 162 Å². The molecule has 0 radical (unpaired) electrons. The molecular weight excluding hydrogens is 334 g/mol. The van der Waals surface area contributed by atoms with E-state index >= 15 is 0 Å². The van der Waals surface area contributed by atoms with Crippen molar-refractivity contribution in [3.05, 3.63) is 96.6 Å². The maximum atomic E-state index is 11.9. The van der Waals surface area contributed by atoms with Crippen molar-refractivity contribution < 1.29 is 9.53 Å². The van der Waals surface area contributed by atoms with Crippen LogP contribution in [0.1, 0.15) is 34.5 Å². The summed E-state index contributed by atoms with van der Waals surface area (Å²) in [5.74, 6) is 6.29. The summed E-state index contributed by atoms with van der Waals surface area (Å²) in [6.07, 6.45) is 3.71. The van der Waals surface area contributed by atoms with E-state index in [4.69, 9.17) is 4.74 Å². The summed E-state index contributed by atoms with van der Waals surface area (Å²) in [6, 6.07) is 17.2. The molecule has 0 saturated carbocycles. The van der Waals surface area contributed by atoms with Crippen LogP contribution in [0.25, 0.3) is 0 Å². The lowest BCUT2D eigenvalue weighted by Gasteiger charge is -2.26. The Kier molecular flexibility index (Phi) is 8.09. The lowest BCUT2D eigenvalue weighted by atomic mass is 10.0. The zero-order valence-corrected chi connectivity index (χ0v) is 15.7. The minimum atomic E-state index is -0.315. The van der Waals surface area contributed by atoms with E-state index in [1.807, 2.05) is 54.6 Å². The molecule has 0 N–H and O–H groups in total. The van der Waals surface area contributed by atoms with Gasteiger partial charge in [0.2, 0.25) is 0 Å². The molecule has 2 aromatic carbocycles. The van der Waals surface area contributed by atoms with Crippen molar-refractivity contribution in [2.45, 2.75) is 13.0 Å². The Hall–Kier alpha value is -3.09. The van der Waals surface area contributed by atoms with Crippen LogP contribution < -0.4 is 0 Å². The van der Waals surface area contributed by atoms with E-state index in [0.717, 1.165) is 11.1 Å². The molecule has 0 saturated heterocycles. The second-order valence-electron chi connectivity index (χ2n) is 5.91. The summed E-state index contributed by atoms with van der Waals surface area (Å²) in [5, 5.41) is 0. The fraction of sp³-hybridized carbons (Fsp3) is 0.208. The van der Waals surface area contributed by atoms with Gasteiger partial charge in [-0.05, 0) is 36.8 Å². The molecule has 0 amide bonds. The van der Waals surface area contributed by atoms with Gasteiger partial charge in [-0.15, -0.1) is 13.2 Å². The highest BCUT2D eigenvalue weighted by Gasteiger charge is 2.17. The number of benzene rings is 2. The SMILES string of the molecule is C=CCN(CC=C)C(C#Cc1ccccc1)c1ccc(C(=O)OCC)cc1. The van der Waals surface area contributed by atoms with Crippen LogP contribution in [0.4, 0.5) is 0 Å². The molecule has 0 aliphatic rings. The predicted octanol–water partition coefficient (Wildman–Crippen LogP) is 4.63. The molecule has 1 atom stereocenters. The van der Waals surface area contributed by atoms with E-state index in [1.54, 1.807) is 19.1 Å². The first-order valence-electron chi connectivity index (χ1n) is 8.99. The number of hydrogen-bond donors (Lipinski definition) is 0. The number of rotatable bonds is 8. The smallest absolute Gasteiger partial charge is 0.338 e. The predicted molar refractivity (Wildman–Crippen MR) is 110 cm³/mol. The second kappa shape index (κ2) is 10.8. The van der Waals surface area contributed by atoms with Crippen LogP contribution in [0.3, 0.4) is 0 Å². The Morgan fingerprint density at radius 1 is 1.07 bits per heavy atom. The Morgan fingerprint density at radius 2 is 1.70 bits per heavy atom. The molecule has 3 heteroatoms.